The minimum atomic E-state index is 0.271. The van der Waals surface area contributed by atoms with Crippen molar-refractivity contribution in [3.05, 3.63) is 0 Å². The lowest BCUT2D eigenvalue weighted by Gasteiger charge is -2.15. The molecule has 1 aliphatic rings. The summed E-state index contributed by atoms with van der Waals surface area (Å²) in [5, 5.41) is 0. The van der Waals surface area contributed by atoms with Gasteiger partial charge in [0.05, 0.1) is 0 Å². The molecule has 0 radical (unpaired) electrons. The van der Waals surface area contributed by atoms with Crippen molar-refractivity contribution in [2.75, 3.05) is 6.54 Å². The van der Waals surface area contributed by atoms with E-state index in [9.17, 15) is 0 Å². The summed E-state index contributed by atoms with van der Waals surface area (Å²) < 4.78 is 0. The smallest absolute Gasteiger partial charge is 0.0191 e. The Kier molecular flexibility index (Phi) is 2.49. The Hall–Kier alpha value is -0.0800. The van der Waals surface area contributed by atoms with Crippen molar-refractivity contribution in [2.45, 2.75) is 31.7 Å². The standard InChI is InChI=1S/C7H16N2/c8-5-7(9)6-3-1-2-4-6/h6-7H,1-5,8-9H2. The van der Waals surface area contributed by atoms with Crippen LogP contribution in [0.25, 0.3) is 0 Å². The zero-order valence-corrected chi connectivity index (χ0v) is 5.84. The van der Waals surface area contributed by atoms with E-state index < -0.39 is 0 Å². The molecule has 0 aromatic carbocycles. The van der Waals surface area contributed by atoms with Gasteiger partial charge in [0.25, 0.3) is 0 Å². The lowest BCUT2D eigenvalue weighted by atomic mass is 9.99. The Morgan fingerprint density at radius 3 is 2.33 bits per heavy atom. The molecule has 1 rings (SSSR count). The van der Waals surface area contributed by atoms with Gasteiger partial charge in [0.2, 0.25) is 0 Å². The number of hydrogen-bond donors (Lipinski definition) is 2. The third-order valence-corrected chi connectivity index (χ3v) is 2.28. The molecule has 1 fully saturated rings. The maximum atomic E-state index is 5.75. The zero-order chi connectivity index (χ0) is 6.69. The Morgan fingerprint density at radius 2 is 1.89 bits per heavy atom. The molecule has 0 bridgehead atoms. The van der Waals surface area contributed by atoms with Crippen LogP contribution >= 0.6 is 0 Å². The maximum absolute atomic E-state index is 5.75. The molecule has 0 aromatic heterocycles. The lowest BCUT2D eigenvalue weighted by molar-refractivity contribution is 0.438. The lowest BCUT2D eigenvalue weighted by Crippen LogP contribution is -2.35. The van der Waals surface area contributed by atoms with E-state index in [2.05, 4.69) is 0 Å². The van der Waals surface area contributed by atoms with Crippen LogP contribution in [0.5, 0.6) is 0 Å². The second-order valence-corrected chi connectivity index (χ2v) is 2.94. The van der Waals surface area contributed by atoms with Gasteiger partial charge in [-0.25, -0.2) is 0 Å². The molecule has 1 unspecified atom stereocenters. The van der Waals surface area contributed by atoms with Crippen molar-refractivity contribution in [2.24, 2.45) is 17.4 Å². The summed E-state index contributed by atoms with van der Waals surface area (Å²) in [6.45, 7) is 0.657. The fourth-order valence-electron chi connectivity index (χ4n) is 1.58. The van der Waals surface area contributed by atoms with E-state index in [1.165, 1.54) is 25.7 Å². The first-order valence-corrected chi connectivity index (χ1v) is 3.80. The number of rotatable bonds is 2. The van der Waals surface area contributed by atoms with Crippen LogP contribution in [0.4, 0.5) is 0 Å². The average molecular weight is 128 g/mol. The van der Waals surface area contributed by atoms with E-state index in [0.717, 1.165) is 5.92 Å². The van der Waals surface area contributed by atoms with E-state index in [4.69, 9.17) is 11.5 Å². The monoisotopic (exact) mass is 128 g/mol. The number of hydrogen-bond acceptors (Lipinski definition) is 2. The van der Waals surface area contributed by atoms with Crippen LogP contribution < -0.4 is 11.5 Å². The topological polar surface area (TPSA) is 52.0 Å². The van der Waals surface area contributed by atoms with Crippen LogP contribution in [0.1, 0.15) is 25.7 Å². The van der Waals surface area contributed by atoms with Crippen molar-refractivity contribution in [1.29, 1.82) is 0 Å². The molecule has 2 nitrogen and oxygen atoms in total. The van der Waals surface area contributed by atoms with Crippen molar-refractivity contribution in [3.63, 3.8) is 0 Å². The molecule has 0 amide bonds. The Morgan fingerprint density at radius 1 is 1.33 bits per heavy atom. The van der Waals surface area contributed by atoms with E-state index in [-0.39, 0.29) is 6.04 Å². The van der Waals surface area contributed by atoms with Gasteiger partial charge >= 0.3 is 0 Å². The first-order valence-electron chi connectivity index (χ1n) is 3.80. The average Bonchev–Trinajstić information content (AvgIpc) is 2.37. The van der Waals surface area contributed by atoms with Gasteiger partial charge < -0.3 is 11.5 Å². The van der Waals surface area contributed by atoms with Gasteiger partial charge in [-0.3, -0.25) is 0 Å². The highest BCUT2D eigenvalue weighted by Gasteiger charge is 2.20. The highest BCUT2D eigenvalue weighted by atomic mass is 14.7. The van der Waals surface area contributed by atoms with Crippen LogP contribution in [-0.4, -0.2) is 12.6 Å². The highest BCUT2D eigenvalue weighted by molar-refractivity contribution is 4.77. The van der Waals surface area contributed by atoms with Gasteiger partial charge in [0.15, 0.2) is 0 Å². The molecule has 2 heteroatoms. The van der Waals surface area contributed by atoms with E-state index >= 15 is 0 Å². The molecule has 1 atom stereocenters. The predicted molar refractivity (Wildman–Crippen MR) is 39.0 cm³/mol. The number of nitrogens with two attached hydrogens (primary N) is 2. The summed E-state index contributed by atoms with van der Waals surface area (Å²) in [5.74, 6) is 0.731. The van der Waals surface area contributed by atoms with E-state index in [1.807, 2.05) is 0 Å². The molecule has 0 saturated heterocycles. The molecule has 0 aromatic rings. The van der Waals surface area contributed by atoms with Gasteiger partial charge in [-0.15, -0.1) is 0 Å². The van der Waals surface area contributed by atoms with Gasteiger partial charge in [-0.2, -0.15) is 0 Å². The minimum Gasteiger partial charge on any atom is -0.329 e. The van der Waals surface area contributed by atoms with Crippen molar-refractivity contribution < 1.29 is 0 Å². The quantitative estimate of drug-likeness (QED) is 0.567. The molecule has 9 heavy (non-hydrogen) atoms. The third-order valence-electron chi connectivity index (χ3n) is 2.28. The van der Waals surface area contributed by atoms with Crippen LogP contribution in [0.2, 0.25) is 0 Å². The van der Waals surface area contributed by atoms with Crippen LogP contribution in [0.3, 0.4) is 0 Å². The normalized spacial score (nSPS) is 24.7. The second-order valence-electron chi connectivity index (χ2n) is 2.94. The Bertz CT molecular complexity index is 77.0. The summed E-state index contributed by atoms with van der Waals surface area (Å²) >= 11 is 0. The molecule has 54 valence electrons. The third kappa shape index (κ3) is 1.66. The van der Waals surface area contributed by atoms with Crippen LogP contribution in [0, 0.1) is 5.92 Å². The minimum absolute atomic E-state index is 0.271. The summed E-state index contributed by atoms with van der Waals surface area (Å²) in [6.07, 6.45) is 5.33. The maximum Gasteiger partial charge on any atom is 0.0191 e. The SMILES string of the molecule is NCC(N)C1CCCC1. The molecule has 0 heterocycles. The molecule has 0 aliphatic heterocycles. The van der Waals surface area contributed by atoms with Crippen LogP contribution in [0.15, 0.2) is 0 Å². The van der Waals surface area contributed by atoms with Crippen LogP contribution in [-0.2, 0) is 0 Å². The zero-order valence-electron chi connectivity index (χ0n) is 5.84. The summed E-state index contributed by atoms with van der Waals surface area (Å²) in [5.41, 5.74) is 11.2. The van der Waals surface area contributed by atoms with Crippen molar-refractivity contribution in [3.8, 4) is 0 Å². The van der Waals surface area contributed by atoms with E-state index in [1.54, 1.807) is 0 Å². The molecule has 0 spiro atoms. The molecular formula is C7H16N2. The summed E-state index contributed by atoms with van der Waals surface area (Å²) in [4.78, 5) is 0. The first-order chi connectivity index (χ1) is 4.34. The predicted octanol–water partition coefficient (Wildman–Crippen LogP) is 0.463. The Labute approximate surface area is 56.6 Å². The molecular weight excluding hydrogens is 112 g/mol. The second kappa shape index (κ2) is 3.18. The summed E-state index contributed by atoms with van der Waals surface area (Å²) in [6, 6.07) is 0.271. The fraction of sp³-hybridized carbons (Fsp3) is 1.00. The van der Waals surface area contributed by atoms with Crippen molar-refractivity contribution in [1.82, 2.24) is 0 Å². The highest BCUT2D eigenvalue weighted by Crippen LogP contribution is 2.26. The van der Waals surface area contributed by atoms with Gasteiger partial charge in [-0.1, -0.05) is 12.8 Å². The molecule has 1 aliphatic carbocycles. The first kappa shape index (κ1) is 7.03. The fourth-order valence-corrected chi connectivity index (χ4v) is 1.58. The van der Waals surface area contributed by atoms with E-state index in [0.29, 0.717) is 6.54 Å². The van der Waals surface area contributed by atoms with Crippen molar-refractivity contribution >= 4 is 0 Å². The largest absolute Gasteiger partial charge is 0.329 e. The molecule has 1 saturated carbocycles. The Balaban J connectivity index is 2.24. The summed E-state index contributed by atoms with van der Waals surface area (Å²) in [7, 11) is 0. The van der Waals surface area contributed by atoms with Gasteiger partial charge in [-0.05, 0) is 18.8 Å². The van der Waals surface area contributed by atoms with Gasteiger partial charge in [0.1, 0.15) is 0 Å². The molecule has 4 N–H and O–H groups in total. The van der Waals surface area contributed by atoms with Gasteiger partial charge in [0, 0.05) is 12.6 Å².